The van der Waals surface area contributed by atoms with Crippen LogP contribution in [0.4, 0.5) is 0 Å². The van der Waals surface area contributed by atoms with Crippen molar-refractivity contribution in [3.8, 4) is 11.5 Å². The molecule has 0 fully saturated rings. The Hall–Kier alpha value is -1.88. The van der Waals surface area contributed by atoms with Crippen LogP contribution in [0.3, 0.4) is 0 Å². The third-order valence-corrected chi connectivity index (χ3v) is 2.80. The quantitative estimate of drug-likeness (QED) is 0.721. The maximum absolute atomic E-state index is 9.25. The molecule has 0 radical (unpaired) electrons. The maximum Gasteiger partial charge on any atom is 0.127 e. The molecular weight excluding hydrogens is 254 g/mol. The average molecular weight is 273 g/mol. The number of aliphatic hydroxyl groups excluding tert-OH is 2. The Morgan fingerprint density at radius 2 is 1.75 bits per heavy atom. The van der Waals surface area contributed by atoms with E-state index in [1.165, 1.54) is 0 Å². The van der Waals surface area contributed by atoms with Crippen LogP contribution in [0.1, 0.15) is 5.56 Å². The van der Waals surface area contributed by atoms with E-state index in [0.717, 1.165) is 17.1 Å². The molecule has 4 heteroatoms. The van der Waals surface area contributed by atoms with Gasteiger partial charge in [0.05, 0.1) is 12.7 Å². The minimum Gasteiger partial charge on any atom is -0.457 e. The molecule has 0 aromatic heterocycles. The highest BCUT2D eigenvalue weighted by molar-refractivity contribution is 5.33. The molecule has 20 heavy (non-hydrogen) atoms. The van der Waals surface area contributed by atoms with Gasteiger partial charge in [-0.2, -0.15) is 0 Å². The van der Waals surface area contributed by atoms with E-state index in [0.29, 0.717) is 13.1 Å². The van der Waals surface area contributed by atoms with Crippen LogP contribution in [0.15, 0.2) is 54.6 Å². The highest BCUT2D eigenvalue weighted by Crippen LogP contribution is 2.21. The molecule has 0 heterocycles. The monoisotopic (exact) mass is 273 g/mol. The van der Waals surface area contributed by atoms with Crippen LogP contribution in [-0.4, -0.2) is 29.5 Å². The molecular formula is C16H19NO3. The Morgan fingerprint density at radius 1 is 1.00 bits per heavy atom. The fourth-order valence-corrected chi connectivity index (χ4v) is 1.79. The van der Waals surface area contributed by atoms with E-state index in [1.807, 2.05) is 54.6 Å². The van der Waals surface area contributed by atoms with Crippen LogP contribution in [0.2, 0.25) is 0 Å². The number of rotatable bonds is 7. The maximum atomic E-state index is 9.25. The second-order valence-electron chi connectivity index (χ2n) is 4.53. The molecule has 2 aromatic carbocycles. The van der Waals surface area contributed by atoms with Crippen molar-refractivity contribution in [2.24, 2.45) is 0 Å². The van der Waals surface area contributed by atoms with Crippen molar-refractivity contribution in [3.63, 3.8) is 0 Å². The van der Waals surface area contributed by atoms with Crippen molar-refractivity contribution in [1.82, 2.24) is 5.32 Å². The van der Waals surface area contributed by atoms with Crippen molar-refractivity contribution < 1.29 is 14.9 Å². The van der Waals surface area contributed by atoms with E-state index in [2.05, 4.69) is 5.32 Å². The summed E-state index contributed by atoms with van der Waals surface area (Å²) in [5.74, 6) is 1.58. The molecule has 0 amide bonds. The lowest BCUT2D eigenvalue weighted by atomic mass is 10.2. The number of hydrogen-bond acceptors (Lipinski definition) is 4. The number of ether oxygens (including phenoxy) is 1. The van der Waals surface area contributed by atoms with Crippen LogP contribution >= 0.6 is 0 Å². The molecule has 3 N–H and O–H groups in total. The molecule has 0 spiro atoms. The second kappa shape index (κ2) is 7.65. The van der Waals surface area contributed by atoms with Gasteiger partial charge in [-0.25, -0.2) is 0 Å². The summed E-state index contributed by atoms with van der Waals surface area (Å²) in [5.41, 5.74) is 1.06. The second-order valence-corrected chi connectivity index (χ2v) is 4.53. The van der Waals surface area contributed by atoms with Gasteiger partial charge in [0.15, 0.2) is 0 Å². The number of benzene rings is 2. The normalized spacial score (nSPS) is 12.1. The summed E-state index contributed by atoms with van der Waals surface area (Å²) in [5, 5.41) is 21.1. The minimum atomic E-state index is -0.723. The molecule has 2 rings (SSSR count). The van der Waals surface area contributed by atoms with Gasteiger partial charge in [0, 0.05) is 13.1 Å². The lowest BCUT2D eigenvalue weighted by molar-refractivity contribution is 0.0942. The average Bonchev–Trinajstić information content (AvgIpc) is 2.48. The predicted molar refractivity (Wildman–Crippen MR) is 77.8 cm³/mol. The van der Waals surface area contributed by atoms with Crippen molar-refractivity contribution in [1.29, 1.82) is 0 Å². The Kier molecular flexibility index (Phi) is 5.55. The highest BCUT2D eigenvalue weighted by Gasteiger charge is 2.02. The van der Waals surface area contributed by atoms with Crippen molar-refractivity contribution in [3.05, 3.63) is 60.2 Å². The highest BCUT2D eigenvalue weighted by atomic mass is 16.5. The molecule has 2 aromatic rings. The van der Waals surface area contributed by atoms with Gasteiger partial charge in [0.1, 0.15) is 11.5 Å². The molecule has 1 atom stereocenters. The van der Waals surface area contributed by atoms with E-state index in [4.69, 9.17) is 9.84 Å². The molecule has 0 saturated heterocycles. The van der Waals surface area contributed by atoms with Crippen molar-refractivity contribution >= 4 is 0 Å². The zero-order valence-corrected chi connectivity index (χ0v) is 11.2. The first-order chi connectivity index (χ1) is 9.78. The van der Waals surface area contributed by atoms with Crippen LogP contribution in [0, 0.1) is 0 Å². The fraction of sp³-hybridized carbons (Fsp3) is 0.250. The first-order valence-corrected chi connectivity index (χ1v) is 6.59. The molecule has 106 valence electrons. The molecule has 0 aliphatic heterocycles. The number of para-hydroxylation sites is 1. The Morgan fingerprint density at radius 3 is 2.50 bits per heavy atom. The number of hydrogen-bond donors (Lipinski definition) is 3. The molecule has 4 nitrogen and oxygen atoms in total. The molecule has 1 unspecified atom stereocenters. The first kappa shape index (κ1) is 14.5. The number of nitrogens with one attached hydrogen (secondary N) is 1. The molecule has 0 saturated carbocycles. The minimum absolute atomic E-state index is 0.232. The van der Waals surface area contributed by atoms with Crippen LogP contribution < -0.4 is 10.1 Å². The van der Waals surface area contributed by atoms with Crippen molar-refractivity contribution in [2.45, 2.75) is 12.6 Å². The van der Waals surface area contributed by atoms with E-state index in [9.17, 15) is 5.11 Å². The largest absolute Gasteiger partial charge is 0.457 e. The van der Waals surface area contributed by atoms with Gasteiger partial charge in [-0.1, -0.05) is 30.3 Å². The summed E-state index contributed by atoms with van der Waals surface area (Å²) in [6, 6.07) is 17.4. The number of aliphatic hydroxyl groups is 2. The van der Waals surface area contributed by atoms with Crippen LogP contribution in [0.25, 0.3) is 0 Å². The fourth-order valence-electron chi connectivity index (χ4n) is 1.79. The van der Waals surface area contributed by atoms with Gasteiger partial charge in [0.25, 0.3) is 0 Å². The standard InChI is InChI=1S/C16H19NO3/c18-12-14(19)11-17-10-13-5-4-8-16(9-13)20-15-6-2-1-3-7-15/h1-9,14,17-19H,10-12H2. The Balaban J connectivity index is 1.91. The van der Waals surface area contributed by atoms with Gasteiger partial charge >= 0.3 is 0 Å². The van der Waals surface area contributed by atoms with E-state index >= 15 is 0 Å². The summed E-state index contributed by atoms with van der Waals surface area (Å²) in [6.07, 6.45) is -0.723. The molecule has 0 bridgehead atoms. The topological polar surface area (TPSA) is 61.7 Å². The van der Waals surface area contributed by atoms with E-state index in [1.54, 1.807) is 0 Å². The van der Waals surface area contributed by atoms with Crippen LogP contribution in [-0.2, 0) is 6.54 Å². The smallest absolute Gasteiger partial charge is 0.127 e. The third-order valence-electron chi connectivity index (χ3n) is 2.80. The first-order valence-electron chi connectivity index (χ1n) is 6.59. The molecule has 0 aliphatic rings. The van der Waals surface area contributed by atoms with Gasteiger partial charge in [-0.15, -0.1) is 0 Å². The summed E-state index contributed by atoms with van der Waals surface area (Å²) < 4.78 is 5.75. The van der Waals surface area contributed by atoms with Crippen LogP contribution in [0.5, 0.6) is 11.5 Å². The predicted octanol–water partition coefficient (Wildman–Crippen LogP) is 1.92. The zero-order chi connectivity index (χ0) is 14.2. The summed E-state index contributed by atoms with van der Waals surface area (Å²) in [7, 11) is 0. The Bertz CT molecular complexity index is 516. The molecule has 0 aliphatic carbocycles. The van der Waals surface area contributed by atoms with Gasteiger partial charge in [-0.3, -0.25) is 0 Å². The lowest BCUT2D eigenvalue weighted by Gasteiger charge is -2.10. The van der Waals surface area contributed by atoms with Gasteiger partial charge in [0.2, 0.25) is 0 Å². The van der Waals surface area contributed by atoms with E-state index in [-0.39, 0.29) is 6.61 Å². The Labute approximate surface area is 118 Å². The summed E-state index contributed by atoms with van der Waals surface area (Å²) >= 11 is 0. The van der Waals surface area contributed by atoms with Gasteiger partial charge in [-0.05, 0) is 29.8 Å². The summed E-state index contributed by atoms with van der Waals surface area (Å²) in [6.45, 7) is 0.744. The lowest BCUT2D eigenvalue weighted by Crippen LogP contribution is -2.28. The summed E-state index contributed by atoms with van der Waals surface area (Å²) in [4.78, 5) is 0. The van der Waals surface area contributed by atoms with Crippen molar-refractivity contribution in [2.75, 3.05) is 13.2 Å². The third kappa shape index (κ3) is 4.66. The van der Waals surface area contributed by atoms with E-state index < -0.39 is 6.10 Å². The zero-order valence-electron chi connectivity index (χ0n) is 11.2. The SMILES string of the molecule is OCC(O)CNCc1cccc(Oc2ccccc2)c1. The van der Waals surface area contributed by atoms with Gasteiger partial charge < -0.3 is 20.3 Å².